The first-order valence-electron chi connectivity index (χ1n) is 8.91. The summed E-state index contributed by atoms with van der Waals surface area (Å²) >= 11 is 6.24. The van der Waals surface area contributed by atoms with Crippen LogP contribution in [0.1, 0.15) is 0 Å². The van der Waals surface area contributed by atoms with Crippen molar-refractivity contribution < 1.29 is 13.2 Å². The number of para-hydroxylation sites is 3. The van der Waals surface area contributed by atoms with Crippen LogP contribution < -0.4 is 14.8 Å². The average molecular weight is 441 g/mol. The van der Waals surface area contributed by atoms with E-state index < -0.39 is 10.0 Å². The molecule has 1 heterocycles. The highest BCUT2D eigenvalue weighted by Gasteiger charge is 2.19. The second kappa shape index (κ2) is 8.17. The van der Waals surface area contributed by atoms with Crippen molar-refractivity contribution in [1.29, 1.82) is 0 Å². The fraction of sp³-hybridized carbons (Fsp3) is 0.0476. The molecule has 2 N–H and O–H groups in total. The van der Waals surface area contributed by atoms with Gasteiger partial charge in [0, 0.05) is 0 Å². The molecule has 152 valence electrons. The van der Waals surface area contributed by atoms with Gasteiger partial charge in [-0.25, -0.2) is 18.4 Å². The van der Waals surface area contributed by atoms with E-state index in [1.165, 1.54) is 19.2 Å². The van der Waals surface area contributed by atoms with Crippen LogP contribution in [0.5, 0.6) is 5.75 Å². The molecule has 0 atom stereocenters. The summed E-state index contributed by atoms with van der Waals surface area (Å²) in [7, 11) is -2.40. The highest BCUT2D eigenvalue weighted by atomic mass is 35.5. The third-order valence-corrected chi connectivity index (χ3v) is 5.98. The quantitative estimate of drug-likeness (QED) is 0.445. The predicted molar refractivity (Wildman–Crippen MR) is 118 cm³/mol. The maximum absolute atomic E-state index is 12.9. The van der Waals surface area contributed by atoms with Crippen LogP contribution in [0.3, 0.4) is 0 Å². The number of methoxy groups -OCH3 is 1. The van der Waals surface area contributed by atoms with E-state index in [1.54, 1.807) is 48.5 Å². The second-order valence-electron chi connectivity index (χ2n) is 6.30. The van der Waals surface area contributed by atoms with Crippen molar-refractivity contribution in [1.82, 2.24) is 9.97 Å². The minimum atomic E-state index is -3.91. The molecule has 9 heteroatoms. The molecule has 0 saturated carbocycles. The average Bonchev–Trinajstić information content (AvgIpc) is 2.75. The number of hydrogen-bond acceptors (Lipinski definition) is 6. The zero-order chi connectivity index (χ0) is 21.1. The molecule has 0 unspecified atom stereocenters. The molecule has 4 aromatic rings. The molecule has 0 fully saturated rings. The summed E-state index contributed by atoms with van der Waals surface area (Å²) in [6.07, 6.45) is 0. The molecule has 3 aromatic carbocycles. The molecule has 0 radical (unpaired) electrons. The molecule has 0 bridgehead atoms. The SMILES string of the molecule is COc1ccc(S(=O)(=O)Nc2nc3ccccc3nc2Nc2ccccc2Cl)cc1. The Morgan fingerprint density at radius 2 is 1.43 bits per heavy atom. The summed E-state index contributed by atoms with van der Waals surface area (Å²) in [4.78, 5) is 9.07. The van der Waals surface area contributed by atoms with Gasteiger partial charge in [0.05, 0.1) is 33.7 Å². The Morgan fingerprint density at radius 3 is 2.07 bits per heavy atom. The fourth-order valence-electron chi connectivity index (χ4n) is 2.79. The summed E-state index contributed by atoms with van der Waals surface area (Å²) in [6, 6.07) is 20.3. The Hall–Kier alpha value is -3.36. The molecular weight excluding hydrogens is 424 g/mol. The van der Waals surface area contributed by atoms with Gasteiger partial charge in [-0.2, -0.15) is 0 Å². The molecule has 0 aliphatic rings. The van der Waals surface area contributed by atoms with Crippen LogP contribution in [0, 0.1) is 0 Å². The number of halogens is 1. The van der Waals surface area contributed by atoms with E-state index in [0.717, 1.165) is 0 Å². The largest absolute Gasteiger partial charge is 0.497 e. The molecule has 0 spiro atoms. The van der Waals surface area contributed by atoms with Crippen LogP contribution in [-0.2, 0) is 10.0 Å². The van der Waals surface area contributed by atoms with Gasteiger partial charge in [0.1, 0.15) is 5.75 Å². The van der Waals surface area contributed by atoms with E-state index in [4.69, 9.17) is 16.3 Å². The maximum atomic E-state index is 12.9. The molecule has 30 heavy (non-hydrogen) atoms. The molecule has 0 amide bonds. The van der Waals surface area contributed by atoms with Gasteiger partial charge in [-0.15, -0.1) is 0 Å². The lowest BCUT2D eigenvalue weighted by Crippen LogP contribution is -2.16. The summed E-state index contributed by atoms with van der Waals surface area (Å²) in [5.74, 6) is 0.851. The summed E-state index contributed by atoms with van der Waals surface area (Å²) in [5, 5.41) is 3.54. The molecule has 4 rings (SSSR count). The monoisotopic (exact) mass is 440 g/mol. The first kappa shape index (κ1) is 19.9. The number of rotatable bonds is 6. The van der Waals surface area contributed by atoms with Crippen molar-refractivity contribution in [2.24, 2.45) is 0 Å². The van der Waals surface area contributed by atoms with Crippen LogP contribution in [0.4, 0.5) is 17.3 Å². The normalized spacial score (nSPS) is 11.3. The second-order valence-corrected chi connectivity index (χ2v) is 8.39. The standard InChI is InChI=1S/C21H17ClN4O3S/c1-29-14-10-12-15(13-11-14)30(27,28)26-21-20(23-17-7-3-2-6-16(17)22)24-18-8-4-5-9-19(18)25-21/h2-13H,1H3,(H,23,24)(H,25,26). The molecular formula is C21H17ClN4O3S. The summed E-state index contributed by atoms with van der Waals surface area (Å²) < 4.78 is 33.5. The van der Waals surface area contributed by atoms with E-state index in [1.807, 2.05) is 12.1 Å². The van der Waals surface area contributed by atoms with E-state index >= 15 is 0 Å². The topological polar surface area (TPSA) is 93.2 Å². The highest BCUT2D eigenvalue weighted by molar-refractivity contribution is 7.92. The van der Waals surface area contributed by atoms with Gasteiger partial charge in [-0.05, 0) is 48.5 Å². The molecule has 1 aromatic heterocycles. The fourth-order valence-corrected chi connectivity index (χ4v) is 3.98. The first-order chi connectivity index (χ1) is 14.5. The van der Waals surface area contributed by atoms with E-state index in [0.29, 0.717) is 27.5 Å². The van der Waals surface area contributed by atoms with Crippen molar-refractivity contribution in [3.05, 3.63) is 77.8 Å². The Kier molecular flexibility index (Phi) is 5.43. The van der Waals surface area contributed by atoms with E-state index in [-0.39, 0.29) is 16.5 Å². The number of anilines is 3. The Morgan fingerprint density at radius 1 is 0.833 bits per heavy atom. The number of ether oxygens (including phenoxy) is 1. The van der Waals surface area contributed by atoms with Gasteiger partial charge in [0.15, 0.2) is 11.6 Å². The molecule has 0 aliphatic carbocycles. The smallest absolute Gasteiger partial charge is 0.263 e. The van der Waals surface area contributed by atoms with Gasteiger partial charge in [-0.1, -0.05) is 35.9 Å². The van der Waals surface area contributed by atoms with E-state index in [2.05, 4.69) is 20.0 Å². The summed E-state index contributed by atoms with van der Waals surface area (Å²) in [5.41, 5.74) is 1.74. The maximum Gasteiger partial charge on any atom is 0.263 e. The third-order valence-electron chi connectivity index (χ3n) is 4.30. The number of hydrogen-bond donors (Lipinski definition) is 2. The molecule has 0 saturated heterocycles. The van der Waals surface area contributed by atoms with Gasteiger partial charge in [-0.3, -0.25) is 4.72 Å². The number of nitrogens with zero attached hydrogens (tertiary/aromatic N) is 2. The van der Waals surface area contributed by atoms with E-state index in [9.17, 15) is 8.42 Å². The zero-order valence-electron chi connectivity index (χ0n) is 15.8. The zero-order valence-corrected chi connectivity index (χ0v) is 17.4. The lowest BCUT2D eigenvalue weighted by molar-refractivity contribution is 0.414. The van der Waals surface area contributed by atoms with Crippen molar-refractivity contribution in [3.8, 4) is 5.75 Å². The number of aromatic nitrogens is 2. The Bertz CT molecular complexity index is 1310. The Balaban J connectivity index is 1.77. The van der Waals surface area contributed by atoms with Crippen LogP contribution in [0.2, 0.25) is 5.02 Å². The number of benzene rings is 3. The van der Waals surface area contributed by atoms with Crippen molar-refractivity contribution >= 4 is 50.0 Å². The summed E-state index contributed by atoms with van der Waals surface area (Å²) in [6.45, 7) is 0. The molecule has 7 nitrogen and oxygen atoms in total. The lowest BCUT2D eigenvalue weighted by atomic mass is 10.3. The van der Waals surface area contributed by atoms with Gasteiger partial charge in [0.2, 0.25) is 0 Å². The minimum absolute atomic E-state index is 0.0597. The number of fused-ring (bicyclic) bond motifs is 1. The van der Waals surface area contributed by atoms with Gasteiger partial charge in [0.25, 0.3) is 10.0 Å². The van der Waals surface area contributed by atoms with Crippen LogP contribution >= 0.6 is 11.6 Å². The van der Waals surface area contributed by atoms with Crippen LogP contribution in [0.15, 0.2) is 77.7 Å². The van der Waals surface area contributed by atoms with Crippen molar-refractivity contribution in [2.45, 2.75) is 4.90 Å². The number of sulfonamides is 1. The lowest BCUT2D eigenvalue weighted by Gasteiger charge is -2.14. The highest BCUT2D eigenvalue weighted by Crippen LogP contribution is 2.30. The van der Waals surface area contributed by atoms with Crippen LogP contribution in [0.25, 0.3) is 11.0 Å². The molecule has 0 aliphatic heterocycles. The Labute approximate surface area is 178 Å². The van der Waals surface area contributed by atoms with Crippen LogP contribution in [-0.4, -0.2) is 25.5 Å². The van der Waals surface area contributed by atoms with Gasteiger partial charge >= 0.3 is 0 Å². The minimum Gasteiger partial charge on any atom is -0.497 e. The van der Waals surface area contributed by atoms with Crippen molar-refractivity contribution in [2.75, 3.05) is 17.1 Å². The van der Waals surface area contributed by atoms with Gasteiger partial charge < -0.3 is 10.1 Å². The third kappa shape index (κ3) is 4.14. The number of nitrogens with one attached hydrogen (secondary N) is 2. The predicted octanol–water partition coefficient (Wildman–Crippen LogP) is 4.84. The van der Waals surface area contributed by atoms with Crippen molar-refractivity contribution in [3.63, 3.8) is 0 Å². The first-order valence-corrected chi connectivity index (χ1v) is 10.8.